The maximum atomic E-state index is 13.9. The minimum absolute atomic E-state index is 0.292. The number of imidazole rings is 1. The first-order chi connectivity index (χ1) is 10.1. The van der Waals surface area contributed by atoms with Crippen LogP contribution < -0.4 is 0 Å². The zero-order valence-corrected chi connectivity index (χ0v) is 11.5. The molecule has 1 fully saturated rings. The third-order valence-electron chi connectivity index (χ3n) is 3.90. The first kappa shape index (κ1) is 14.2. The number of rotatable bonds is 4. The summed E-state index contributed by atoms with van der Waals surface area (Å²) in [6.45, 7) is 1.81. The van der Waals surface area contributed by atoms with E-state index in [1.165, 1.54) is 6.07 Å². The van der Waals surface area contributed by atoms with Gasteiger partial charge in [0.1, 0.15) is 11.6 Å². The molecule has 0 radical (unpaired) electrons. The van der Waals surface area contributed by atoms with Gasteiger partial charge in [0.15, 0.2) is 0 Å². The zero-order valence-electron chi connectivity index (χ0n) is 11.5. The lowest BCUT2D eigenvalue weighted by Crippen LogP contribution is -2.28. The van der Waals surface area contributed by atoms with Crippen LogP contribution in [0.3, 0.4) is 0 Å². The molecule has 112 valence electrons. The topological polar surface area (TPSA) is 41.3 Å². The Kier molecular flexibility index (Phi) is 3.98. The van der Waals surface area contributed by atoms with E-state index in [4.69, 9.17) is 0 Å². The third-order valence-corrected chi connectivity index (χ3v) is 3.90. The molecule has 6 heteroatoms. The Labute approximate surface area is 121 Å². The van der Waals surface area contributed by atoms with Crippen molar-refractivity contribution < 1.29 is 13.9 Å². The van der Waals surface area contributed by atoms with Gasteiger partial charge in [-0.2, -0.15) is 0 Å². The van der Waals surface area contributed by atoms with Crippen molar-refractivity contribution in [2.75, 3.05) is 13.1 Å². The van der Waals surface area contributed by atoms with Crippen molar-refractivity contribution in [3.8, 4) is 0 Å². The lowest BCUT2D eigenvalue weighted by molar-refractivity contribution is 0.173. The monoisotopic (exact) mass is 293 g/mol. The minimum atomic E-state index is -0.513. The van der Waals surface area contributed by atoms with E-state index in [9.17, 15) is 13.9 Å². The normalized spacial score (nSPS) is 22.8. The van der Waals surface area contributed by atoms with Crippen molar-refractivity contribution in [2.45, 2.75) is 25.1 Å². The first-order valence-corrected chi connectivity index (χ1v) is 6.96. The number of β-amino-alcohol motifs (C(OH)–C–C–N with tert-alkyl or cyclic N) is 1. The van der Waals surface area contributed by atoms with E-state index in [-0.39, 0.29) is 6.04 Å². The van der Waals surface area contributed by atoms with Gasteiger partial charge in [0, 0.05) is 43.6 Å². The van der Waals surface area contributed by atoms with Crippen LogP contribution in [0.25, 0.3) is 0 Å². The summed E-state index contributed by atoms with van der Waals surface area (Å²) >= 11 is 0. The van der Waals surface area contributed by atoms with Crippen molar-refractivity contribution >= 4 is 0 Å². The predicted octanol–water partition coefficient (Wildman–Crippen LogP) is 1.97. The molecule has 1 aromatic carbocycles. The Morgan fingerprint density at radius 3 is 2.90 bits per heavy atom. The van der Waals surface area contributed by atoms with Gasteiger partial charge < -0.3 is 9.67 Å². The fourth-order valence-corrected chi connectivity index (χ4v) is 2.88. The number of aliphatic hydroxyl groups is 1. The first-order valence-electron chi connectivity index (χ1n) is 6.96. The third kappa shape index (κ3) is 3.11. The second-order valence-corrected chi connectivity index (χ2v) is 5.37. The molecule has 0 bridgehead atoms. The van der Waals surface area contributed by atoms with Crippen molar-refractivity contribution in [3.63, 3.8) is 0 Å². The molecule has 3 rings (SSSR count). The zero-order chi connectivity index (χ0) is 14.8. The van der Waals surface area contributed by atoms with E-state index in [0.29, 0.717) is 31.6 Å². The fraction of sp³-hybridized carbons (Fsp3) is 0.400. The Bertz CT molecular complexity index is 603. The van der Waals surface area contributed by atoms with Crippen LogP contribution in [-0.4, -0.2) is 38.8 Å². The molecular formula is C15H17F2N3O. The van der Waals surface area contributed by atoms with Crippen LogP contribution >= 0.6 is 0 Å². The van der Waals surface area contributed by atoms with Crippen LogP contribution in [0.5, 0.6) is 0 Å². The van der Waals surface area contributed by atoms with Crippen LogP contribution in [0.2, 0.25) is 0 Å². The lowest BCUT2D eigenvalue weighted by atomic mass is 10.0. The van der Waals surface area contributed by atoms with E-state index < -0.39 is 17.7 Å². The summed E-state index contributed by atoms with van der Waals surface area (Å²) in [5, 5.41) is 9.87. The molecule has 21 heavy (non-hydrogen) atoms. The Hall–Kier alpha value is -1.79. The Morgan fingerprint density at radius 2 is 2.14 bits per heavy atom. The van der Waals surface area contributed by atoms with Gasteiger partial charge in [0.25, 0.3) is 0 Å². The molecular weight excluding hydrogens is 276 g/mol. The molecule has 0 aliphatic carbocycles. The van der Waals surface area contributed by atoms with E-state index in [1.807, 2.05) is 15.7 Å². The highest BCUT2D eigenvalue weighted by Gasteiger charge is 2.33. The molecule has 0 spiro atoms. The van der Waals surface area contributed by atoms with E-state index in [2.05, 4.69) is 4.98 Å². The summed E-state index contributed by atoms with van der Waals surface area (Å²) in [4.78, 5) is 5.96. The molecule has 1 aliphatic rings. The number of hydrogen-bond acceptors (Lipinski definition) is 3. The number of nitrogens with zero attached hydrogens (tertiary/aromatic N) is 3. The average Bonchev–Trinajstić information content (AvgIpc) is 3.08. The maximum Gasteiger partial charge on any atom is 0.128 e. The number of hydrogen-bond donors (Lipinski definition) is 1. The molecule has 2 aromatic rings. The molecule has 2 heterocycles. The fourth-order valence-electron chi connectivity index (χ4n) is 2.88. The van der Waals surface area contributed by atoms with Crippen molar-refractivity contribution in [1.29, 1.82) is 0 Å². The van der Waals surface area contributed by atoms with E-state index in [1.54, 1.807) is 12.5 Å². The summed E-state index contributed by atoms with van der Waals surface area (Å²) in [5.41, 5.74) is 0.317. The summed E-state index contributed by atoms with van der Waals surface area (Å²) < 4.78 is 29.2. The van der Waals surface area contributed by atoms with Gasteiger partial charge >= 0.3 is 0 Å². The summed E-state index contributed by atoms with van der Waals surface area (Å²) in [6.07, 6.45) is 5.17. The number of benzene rings is 1. The molecule has 1 saturated heterocycles. The van der Waals surface area contributed by atoms with Crippen molar-refractivity contribution in [2.24, 2.45) is 0 Å². The van der Waals surface area contributed by atoms with Crippen LogP contribution in [0.15, 0.2) is 36.9 Å². The average molecular weight is 293 g/mol. The molecule has 1 aliphatic heterocycles. The van der Waals surface area contributed by atoms with E-state index >= 15 is 0 Å². The Morgan fingerprint density at radius 1 is 1.29 bits per heavy atom. The van der Waals surface area contributed by atoms with Gasteiger partial charge in [0.05, 0.1) is 12.4 Å². The van der Waals surface area contributed by atoms with Crippen molar-refractivity contribution in [3.05, 3.63) is 54.1 Å². The van der Waals surface area contributed by atoms with Crippen LogP contribution in [0, 0.1) is 11.6 Å². The summed E-state index contributed by atoms with van der Waals surface area (Å²) in [6, 6.07) is 3.19. The SMILES string of the molecule is OC1CC(c2cc(F)ccc2F)N(CCn2ccnc2)C1. The van der Waals surface area contributed by atoms with Gasteiger partial charge in [-0.25, -0.2) is 13.8 Å². The molecule has 4 nitrogen and oxygen atoms in total. The van der Waals surface area contributed by atoms with Gasteiger partial charge in [-0.1, -0.05) is 0 Å². The molecule has 2 atom stereocenters. The molecule has 1 aromatic heterocycles. The molecule has 0 saturated carbocycles. The number of halogens is 2. The van der Waals surface area contributed by atoms with Gasteiger partial charge in [-0.05, 0) is 24.6 Å². The number of aromatic nitrogens is 2. The quantitative estimate of drug-likeness (QED) is 0.937. The van der Waals surface area contributed by atoms with Gasteiger partial charge in [-0.15, -0.1) is 0 Å². The summed E-state index contributed by atoms with van der Waals surface area (Å²) in [7, 11) is 0. The van der Waals surface area contributed by atoms with Gasteiger partial charge in [0.2, 0.25) is 0 Å². The number of likely N-dealkylation sites (tertiary alicyclic amines) is 1. The van der Waals surface area contributed by atoms with Crippen LogP contribution in [0.1, 0.15) is 18.0 Å². The molecule has 2 unspecified atom stereocenters. The van der Waals surface area contributed by atoms with Crippen molar-refractivity contribution in [1.82, 2.24) is 14.5 Å². The lowest BCUT2D eigenvalue weighted by Gasteiger charge is -2.24. The highest BCUT2D eigenvalue weighted by molar-refractivity contribution is 5.23. The second kappa shape index (κ2) is 5.91. The smallest absolute Gasteiger partial charge is 0.128 e. The van der Waals surface area contributed by atoms with E-state index in [0.717, 1.165) is 12.1 Å². The standard InChI is InChI=1S/C15H17F2N3O/c16-11-1-2-14(17)13(7-11)15-8-12(21)9-20(15)6-5-19-4-3-18-10-19/h1-4,7,10,12,15,21H,5-6,8-9H2. The number of aliphatic hydroxyl groups excluding tert-OH is 1. The largest absolute Gasteiger partial charge is 0.392 e. The Balaban J connectivity index is 1.77. The van der Waals surface area contributed by atoms with Crippen LogP contribution in [-0.2, 0) is 6.54 Å². The molecule has 1 N–H and O–H groups in total. The minimum Gasteiger partial charge on any atom is -0.392 e. The highest BCUT2D eigenvalue weighted by atomic mass is 19.1. The molecule has 0 amide bonds. The summed E-state index contributed by atoms with van der Waals surface area (Å²) in [5.74, 6) is -0.884. The van der Waals surface area contributed by atoms with Gasteiger partial charge in [-0.3, -0.25) is 4.90 Å². The second-order valence-electron chi connectivity index (χ2n) is 5.37. The van der Waals surface area contributed by atoms with Crippen LogP contribution in [0.4, 0.5) is 8.78 Å². The maximum absolute atomic E-state index is 13.9. The highest BCUT2D eigenvalue weighted by Crippen LogP contribution is 2.33. The predicted molar refractivity (Wildman–Crippen MR) is 73.5 cm³/mol.